The van der Waals surface area contributed by atoms with Crippen molar-refractivity contribution < 1.29 is 0 Å². The smallest absolute Gasteiger partial charge is 0.123 e. The highest BCUT2D eigenvalue weighted by Gasteiger charge is 2.16. The zero-order chi connectivity index (χ0) is 9.47. The van der Waals surface area contributed by atoms with Gasteiger partial charge in [-0.3, -0.25) is 4.98 Å². The van der Waals surface area contributed by atoms with E-state index in [0.29, 0.717) is 0 Å². The molecule has 0 aliphatic rings. The third kappa shape index (κ3) is 1.54. The first kappa shape index (κ1) is 8.56. The third-order valence-electron chi connectivity index (χ3n) is 1.91. The summed E-state index contributed by atoms with van der Waals surface area (Å²) in [4.78, 5) is 4.35. The maximum absolute atomic E-state index is 4.35. The summed E-state index contributed by atoms with van der Waals surface area (Å²) in [5, 5.41) is 0. The highest BCUT2D eigenvalue weighted by Crippen LogP contribution is 2.22. The molecule has 2 rings (SSSR count). The van der Waals surface area contributed by atoms with E-state index < -0.39 is 0 Å². The molecule has 0 amide bonds. The van der Waals surface area contributed by atoms with E-state index >= 15 is 0 Å². The molecule has 0 atom stereocenters. The minimum atomic E-state index is 0.0812. The number of fused-ring (bicyclic) bond motifs is 1. The molecular formula is C9H11N3S. The van der Waals surface area contributed by atoms with Gasteiger partial charge in [-0.2, -0.15) is 8.75 Å². The summed E-state index contributed by atoms with van der Waals surface area (Å²) >= 11 is 1.23. The summed E-state index contributed by atoms with van der Waals surface area (Å²) in [7, 11) is 0. The molecule has 3 nitrogen and oxygen atoms in total. The second-order valence-electron chi connectivity index (χ2n) is 4.07. The van der Waals surface area contributed by atoms with Gasteiger partial charge in [-0.1, -0.05) is 20.8 Å². The van der Waals surface area contributed by atoms with Crippen molar-refractivity contribution in [3.63, 3.8) is 0 Å². The standard InChI is InChI=1S/C9H11N3S/c1-9(2,3)8-4-6-7(5-10-8)12-13-11-6/h4-5H,1-3H3. The van der Waals surface area contributed by atoms with Gasteiger partial charge in [-0.05, 0) is 6.07 Å². The maximum Gasteiger partial charge on any atom is 0.123 e. The first-order valence-corrected chi connectivity index (χ1v) is 4.89. The Bertz CT molecular complexity index is 428. The van der Waals surface area contributed by atoms with Crippen LogP contribution in [0.15, 0.2) is 12.3 Å². The highest BCUT2D eigenvalue weighted by atomic mass is 32.1. The number of pyridine rings is 1. The number of hydrogen-bond donors (Lipinski definition) is 0. The van der Waals surface area contributed by atoms with Gasteiger partial charge in [0, 0.05) is 11.1 Å². The Labute approximate surface area is 81.2 Å². The van der Waals surface area contributed by atoms with Crippen molar-refractivity contribution in [2.75, 3.05) is 0 Å². The zero-order valence-electron chi connectivity index (χ0n) is 7.90. The van der Waals surface area contributed by atoms with Crippen LogP contribution in [0.25, 0.3) is 11.0 Å². The lowest BCUT2D eigenvalue weighted by atomic mass is 9.91. The molecule has 0 N–H and O–H groups in total. The first-order chi connectivity index (χ1) is 6.07. The molecule has 0 aromatic carbocycles. The summed E-state index contributed by atoms with van der Waals surface area (Å²) < 4.78 is 8.29. The van der Waals surface area contributed by atoms with Gasteiger partial charge in [0.15, 0.2) is 0 Å². The Hall–Kier alpha value is -1.03. The molecule has 0 aliphatic heterocycles. The number of nitrogens with zero attached hydrogens (tertiary/aromatic N) is 3. The van der Waals surface area contributed by atoms with Gasteiger partial charge in [0.2, 0.25) is 0 Å². The van der Waals surface area contributed by atoms with Gasteiger partial charge in [0.1, 0.15) is 11.0 Å². The molecule has 0 radical (unpaired) electrons. The molecule has 0 bridgehead atoms. The molecule has 68 valence electrons. The molecule has 0 saturated heterocycles. The molecular weight excluding hydrogens is 182 g/mol. The van der Waals surface area contributed by atoms with Crippen molar-refractivity contribution in [3.8, 4) is 0 Å². The Morgan fingerprint density at radius 3 is 2.54 bits per heavy atom. The molecule has 13 heavy (non-hydrogen) atoms. The van der Waals surface area contributed by atoms with Gasteiger partial charge >= 0.3 is 0 Å². The summed E-state index contributed by atoms with van der Waals surface area (Å²) in [6.45, 7) is 6.42. The SMILES string of the molecule is CC(C)(C)c1cc2nsnc2cn1. The number of aromatic nitrogens is 3. The predicted octanol–water partition coefficient (Wildman–Crippen LogP) is 2.38. The monoisotopic (exact) mass is 193 g/mol. The van der Waals surface area contributed by atoms with Crippen molar-refractivity contribution in [1.82, 2.24) is 13.7 Å². The van der Waals surface area contributed by atoms with E-state index in [1.165, 1.54) is 11.7 Å². The van der Waals surface area contributed by atoms with Gasteiger partial charge in [0.25, 0.3) is 0 Å². The molecule has 2 aromatic rings. The molecule has 2 heterocycles. The van der Waals surface area contributed by atoms with Crippen LogP contribution in [0.1, 0.15) is 26.5 Å². The lowest BCUT2D eigenvalue weighted by Gasteiger charge is -2.16. The topological polar surface area (TPSA) is 38.7 Å². The van der Waals surface area contributed by atoms with Crippen LogP contribution >= 0.6 is 11.7 Å². The summed E-state index contributed by atoms with van der Waals surface area (Å²) in [6.07, 6.45) is 1.79. The quantitative estimate of drug-likeness (QED) is 0.644. The van der Waals surface area contributed by atoms with E-state index in [9.17, 15) is 0 Å². The van der Waals surface area contributed by atoms with Crippen LogP contribution < -0.4 is 0 Å². The number of rotatable bonds is 0. The van der Waals surface area contributed by atoms with Crippen molar-refractivity contribution >= 4 is 22.8 Å². The highest BCUT2D eigenvalue weighted by molar-refractivity contribution is 7.00. The average Bonchev–Trinajstić information content (AvgIpc) is 2.47. The van der Waals surface area contributed by atoms with Crippen LogP contribution in [0.4, 0.5) is 0 Å². The van der Waals surface area contributed by atoms with Crippen LogP contribution in [0.3, 0.4) is 0 Å². The van der Waals surface area contributed by atoms with E-state index in [1.807, 2.05) is 6.07 Å². The molecule has 4 heteroatoms. The Morgan fingerprint density at radius 1 is 1.15 bits per heavy atom. The average molecular weight is 193 g/mol. The van der Waals surface area contributed by atoms with Crippen LogP contribution in [0.5, 0.6) is 0 Å². The molecule has 2 aromatic heterocycles. The predicted molar refractivity (Wildman–Crippen MR) is 53.9 cm³/mol. The van der Waals surface area contributed by atoms with Crippen molar-refractivity contribution in [2.24, 2.45) is 0 Å². The fraction of sp³-hybridized carbons (Fsp3) is 0.444. The van der Waals surface area contributed by atoms with Gasteiger partial charge < -0.3 is 0 Å². The second kappa shape index (κ2) is 2.73. The van der Waals surface area contributed by atoms with Crippen LogP contribution in [0.2, 0.25) is 0 Å². The maximum atomic E-state index is 4.35. The molecule has 0 fully saturated rings. The van der Waals surface area contributed by atoms with Crippen molar-refractivity contribution in [2.45, 2.75) is 26.2 Å². The molecule has 0 unspecified atom stereocenters. The van der Waals surface area contributed by atoms with Crippen LogP contribution in [0, 0.1) is 0 Å². The van der Waals surface area contributed by atoms with Gasteiger partial charge in [0.05, 0.1) is 17.9 Å². The van der Waals surface area contributed by atoms with Gasteiger partial charge in [-0.15, -0.1) is 0 Å². The van der Waals surface area contributed by atoms with E-state index in [1.54, 1.807) is 6.20 Å². The van der Waals surface area contributed by atoms with Crippen LogP contribution in [-0.2, 0) is 5.41 Å². The third-order valence-corrected chi connectivity index (χ3v) is 2.47. The summed E-state index contributed by atoms with van der Waals surface area (Å²) in [5.74, 6) is 0. The van der Waals surface area contributed by atoms with E-state index in [-0.39, 0.29) is 5.41 Å². The Morgan fingerprint density at radius 2 is 1.85 bits per heavy atom. The van der Waals surface area contributed by atoms with Crippen LogP contribution in [-0.4, -0.2) is 13.7 Å². The Balaban J connectivity index is 2.61. The fourth-order valence-corrected chi connectivity index (χ4v) is 1.60. The largest absolute Gasteiger partial charge is 0.258 e. The minimum Gasteiger partial charge on any atom is -0.258 e. The van der Waals surface area contributed by atoms with E-state index in [0.717, 1.165) is 16.7 Å². The second-order valence-corrected chi connectivity index (χ2v) is 4.60. The number of hydrogen-bond acceptors (Lipinski definition) is 4. The van der Waals surface area contributed by atoms with E-state index in [2.05, 4.69) is 34.5 Å². The lowest BCUT2D eigenvalue weighted by molar-refractivity contribution is 0.570. The van der Waals surface area contributed by atoms with Crippen molar-refractivity contribution in [1.29, 1.82) is 0 Å². The summed E-state index contributed by atoms with van der Waals surface area (Å²) in [5.41, 5.74) is 2.98. The molecule has 0 saturated carbocycles. The summed E-state index contributed by atoms with van der Waals surface area (Å²) in [6, 6.07) is 2.01. The lowest BCUT2D eigenvalue weighted by Crippen LogP contribution is -2.12. The van der Waals surface area contributed by atoms with Gasteiger partial charge in [-0.25, -0.2) is 0 Å². The van der Waals surface area contributed by atoms with Crippen molar-refractivity contribution in [3.05, 3.63) is 18.0 Å². The normalized spacial score (nSPS) is 12.2. The fourth-order valence-electron chi connectivity index (χ4n) is 1.10. The molecule has 0 aliphatic carbocycles. The zero-order valence-corrected chi connectivity index (χ0v) is 8.72. The minimum absolute atomic E-state index is 0.0812. The Kier molecular flexibility index (Phi) is 1.80. The first-order valence-electron chi connectivity index (χ1n) is 4.16. The molecule has 0 spiro atoms. The van der Waals surface area contributed by atoms with E-state index in [4.69, 9.17) is 0 Å².